The van der Waals surface area contributed by atoms with Gasteiger partial charge in [0.1, 0.15) is 11.3 Å². The molecule has 0 atom stereocenters. The highest BCUT2D eigenvalue weighted by Gasteiger charge is 2.33. The fourth-order valence-corrected chi connectivity index (χ4v) is 3.13. The Hall–Kier alpha value is -2.69. The largest absolute Gasteiger partial charge is 0.433 e. The third-order valence-electron chi connectivity index (χ3n) is 3.97. The summed E-state index contributed by atoms with van der Waals surface area (Å²) in [6, 6.07) is 7.50. The molecule has 0 aliphatic rings. The topological polar surface area (TPSA) is 56.9 Å². The lowest BCUT2D eigenvalue weighted by molar-refractivity contribution is -0.141. The van der Waals surface area contributed by atoms with Crippen LogP contribution in [0, 0.1) is 0 Å². The molecule has 0 saturated heterocycles. The van der Waals surface area contributed by atoms with Crippen molar-refractivity contribution in [3.8, 4) is 0 Å². The number of alkyl halides is 5. The summed E-state index contributed by atoms with van der Waals surface area (Å²) in [4.78, 5) is 28.8. The van der Waals surface area contributed by atoms with Crippen LogP contribution in [0.4, 0.5) is 22.0 Å². The van der Waals surface area contributed by atoms with Gasteiger partial charge < -0.3 is 0 Å². The maximum atomic E-state index is 12.8. The van der Waals surface area contributed by atoms with Gasteiger partial charge in [-0.1, -0.05) is 23.9 Å². The quantitative estimate of drug-likeness (QED) is 0.482. The van der Waals surface area contributed by atoms with Crippen molar-refractivity contribution in [1.82, 2.24) is 14.1 Å². The molecule has 0 bridgehead atoms. The molecular formula is C17H12F5N3O2S. The van der Waals surface area contributed by atoms with Crippen LogP contribution < -0.4 is 11.2 Å². The van der Waals surface area contributed by atoms with Gasteiger partial charge in [-0.3, -0.25) is 13.9 Å². The maximum absolute atomic E-state index is 12.8. The normalized spacial score (nSPS) is 12.1. The van der Waals surface area contributed by atoms with Crippen LogP contribution >= 0.6 is 11.8 Å². The third kappa shape index (κ3) is 3.93. The summed E-state index contributed by atoms with van der Waals surface area (Å²) < 4.78 is 65.0. The lowest BCUT2D eigenvalue weighted by Crippen LogP contribution is -2.39. The van der Waals surface area contributed by atoms with E-state index in [0.29, 0.717) is 28.3 Å². The lowest BCUT2D eigenvalue weighted by atomic mass is 10.2. The molecule has 0 aliphatic carbocycles. The maximum Gasteiger partial charge on any atom is 0.433 e. The molecule has 3 rings (SSSR count). The Balaban J connectivity index is 2.05. The summed E-state index contributed by atoms with van der Waals surface area (Å²) in [6.07, 6.45) is -4.71. The van der Waals surface area contributed by atoms with Crippen LogP contribution in [0.15, 0.2) is 50.9 Å². The van der Waals surface area contributed by atoms with Gasteiger partial charge in [0, 0.05) is 11.9 Å². The first-order valence-corrected chi connectivity index (χ1v) is 8.67. The molecule has 3 aromatic rings. The third-order valence-corrected chi connectivity index (χ3v) is 4.69. The summed E-state index contributed by atoms with van der Waals surface area (Å²) in [7, 11) is 1.22. The van der Waals surface area contributed by atoms with Crippen LogP contribution in [0.3, 0.4) is 0 Å². The monoisotopic (exact) mass is 417 g/mol. The van der Waals surface area contributed by atoms with Crippen molar-refractivity contribution in [3.05, 3.63) is 68.5 Å². The molecule has 0 saturated carbocycles. The highest BCUT2D eigenvalue weighted by Crippen LogP contribution is 2.28. The van der Waals surface area contributed by atoms with E-state index in [1.807, 2.05) is 0 Å². The van der Waals surface area contributed by atoms with E-state index in [2.05, 4.69) is 4.98 Å². The molecule has 148 valence electrons. The number of hydrogen-bond donors (Lipinski definition) is 0. The Morgan fingerprint density at radius 2 is 1.71 bits per heavy atom. The van der Waals surface area contributed by atoms with Crippen LogP contribution in [0.5, 0.6) is 0 Å². The number of thioether (sulfide) groups is 1. The van der Waals surface area contributed by atoms with Gasteiger partial charge in [-0.05, 0) is 29.8 Å². The van der Waals surface area contributed by atoms with Crippen molar-refractivity contribution in [2.45, 2.75) is 23.4 Å². The van der Waals surface area contributed by atoms with E-state index in [1.54, 1.807) is 0 Å². The van der Waals surface area contributed by atoms with Gasteiger partial charge in [-0.2, -0.15) is 22.0 Å². The summed E-state index contributed by atoms with van der Waals surface area (Å²) in [5, 5.41) is -0.139. The van der Waals surface area contributed by atoms with Gasteiger partial charge in [-0.25, -0.2) is 9.78 Å². The SMILES string of the molecule is Cn1c(=O)n(Cc2ccc(SC(F)F)cc2)c(=O)c2ccc(C(F)(F)F)nc21. The van der Waals surface area contributed by atoms with Crippen molar-refractivity contribution < 1.29 is 22.0 Å². The molecule has 0 amide bonds. The van der Waals surface area contributed by atoms with Crippen LogP contribution in [0.2, 0.25) is 0 Å². The number of hydrogen-bond acceptors (Lipinski definition) is 4. The van der Waals surface area contributed by atoms with Gasteiger partial charge in [0.15, 0.2) is 0 Å². The summed E-state index contributed by atoms with van der Waals surface area (Å²) in [5.74, 6) is -2.57. The lowest BCUT2D eigenvalue weighted by Gasteiger charge is -2.12. The van der Waals surface area contributed by atoms with Crippen molar-refractivity contribution in [2.75, 3.05) is 0 Å². The molecule has 0 unspecified atom stereocenters. The second-order valence-electron chi connectivity index (χ2n) is 5.82. The van der Waals surface area contributed by atoms with E-state index in [4.69, 9.17) is 0 Å². The van der Waals surface area contributed by atoms with Crippen LogP contribution in [-0.4, -0.2) is 19.9 Å². The minimum atomic E-state index is -4.71. The van der Waals surface area contributed by atoms with Crippen LogP contribution in [-0.2, 0) is 19.8 Å². The number of benzene rings is 1. The molecule has 0 fully saturated rings. The number of nitrogens with zero attached hydrogens (tertiary/aromatic N) is 3. The number of rotatable bonds is 4. The molecule has 1 aromatic carbocycles. The van der Waals surface area contributed by atoms with E-state index >= 15 is 0 Å². The number of fused-ring (bicyclic) bond motifs is 1. The number of halogens is 5. The Kier molecular flexibility index (Phi) is 5.28. The predicted octanol–water partition coefficient (Wildman–Crippen LogP) is 3.48. The van der Waals surface area contributed by atoms with E-state index in [1.165, 1.54) is 31.3 Å². The summed E-state index contributed by atoms with van der Waals surface area (Å²) in [5.41, 5.74) is -2.71. The number of aryl methyl sites for hydroxylation is 1. The van der Waals surface area contributed by atoms with Gasteiger partial charge in [0.2, 0.25) is 0 Å². The molecule has 0 N–H and O–H groups in total. The van der Waals surface area contributed by atoms with E-state index < -0.39 is 28.9 Å². The standard InChI is InChI=1S/C17H12F5N3O2S/c1-24-13-11(6-7-12(23-13)17(20,21)22)14(26)25(16(24)27)8-9-2-4-10(5-3-9)28-15(18)19/h2-7,15H,8H2,1H3. The second kappa shape index (κ2) is 7.38. The van der Waals surface area contributed by atoms with E-state index in [-0.39, 0.29) is 17.6 Å². The zero-order chi connectivity index (χ0) is 20.6. The fourth-order valence-electron chi connectivity index (χ4n) is 2.63. The van der Waals surface area contributed by atoms with Gasteiger partial charge in [0.05, 0.1) is 11.9 Å². The predicted molar refractivity (Wildman–Crippen MR) is 93.7 cm³/mol. The molecule has 5 nitrogen and oxygen atoms in total. The highest BCUT2D eigenvalue weighted by molar-refractivity contribution is 7.99. The number of aromatic nitrogens is 3. The number of pyridine rings is 1. The first-order chi connectivity index (χ1) is 13.1. The second-order valence-corrected chi connectivity index (χ2v) is 6.88. The summed E-state index contributed by atoms with van der Waals surface area (Å²) in [6.45, 7) is -0.165. The van der Waals surface area contributed by atoms with Crippen LogP contribution in [0.25, 0.3) is 11.0 Å². The van der Waals surface area contributed by atoms with Gasteiger partial charge in [0.25, 0.3) is 11.3 Å². The summed E-state index contributed by atoms with van der Waals surface area (Å²) >= 11 is 0.359. The Morgan fingerprint density at radius 1 is 1.07 bits per heavy atom. The van der Waals surface area contributed by atoms with Crippen LogP contribution in [0.1, 0.15) is 11.3 Å². The average molecular weight is 417 g/mol. The first-order valence-electron chi connectivity index (χ1n) is 7.79. The zero-order valence-corrected chi connectivity index (χ0v) is 15.0. The van der Waals surface area contributed by atoms with Gasteiger partial charge in [-0.15, -0.1) is 0 Å². The molecule has 11 heteroatoms. The Morgan fingerprint density at radius 3 is 2.29 bits per heavy atom. The van der Waals surface area contributed by atoms with Crippen molar-refractivity contribution in [1.29, 1.82) is 0 Å². The van der Waals surface area contributed by atoms with Crippen molar-refractivity contribution in [2.24, 2.45) is 7.05 Å². The highest BCUT2D eigenvalue weighted by atomic mass is 32.2. The van der Waals surface area contributed by atoms with E-state index in [0.717, 1.165) is 15.2 Å². The van der Waals surface area contributed by atoms with Crippen molar-refractivity contribution >= 4 is 22.8 Å². The first kappa shape index (κ1) is 20.1. The Labute approximate surface area is 158 Å². The minimum Gasteiger partial charge on any atom is -0.280 e. The minimum absolute atomic E-state index is 0.139. The smallest absolute Gasteiger partial charge is 0.280 e. The Bertz CT molecular complexity index is 1140. The molecule has 0 spiro atoms. The molecule has 0 radical (unpaired) electrons. The zero-order valence-electron chi connectivity index (χ0n) is 14.2. The van der Waals surface area contributed by atoms with Gasteiger partial charge >= 0.3 is 11.9 Å². The van der Waals surface area contributed by atoms with Crippen molar-refractivity contribution in [3.63, 3.8) is 0 Å². The van der Waals surface area contributed by atoms with E-state index in [9.17, 15) is 31.5 Å². The molecule has 2 aromatic heterocycles. The molecule has 0 aliphatic heterocycles. The fraction of sp³-hybridized carbons (Fsp3) is 0.235. The molecular weight excluding hydrogens is 405 g/mol. The molecule has 2 heterocycles. The average Bonchev–Trinajstić information content (AvgIpc) is 2.63. The molecule has 28 heavy (non-hydrogen) atoms.